The Labute approximate surface area is 131 Å². The van der Waals surface area contributed by atoms with Crippen LogP contribution >= 0.6 is 15.9 Å². The lowest BCUT2D eigenvalue weighted by atomic mass is 10.1. The lowest BCUT2D eigenvalue weighted by Gasteiger charge is -2.09. The summed E-state index contributed by atoms with van der Waals surface area (Å²) in [4.78, 5) is 8.26. The number of hydrogen-bond donors (Lipinski definition) is 1. The van der Waals surface area contributed by atoms with Gasteiger partial charge in [0.15, 0.2) is 5.82 Å². The minimum atomic E-state index is 0.741. The topological polar surface area (TPSA) is 55.6 Å². The van der Waals surface area contributed by atoms with Crippen molar-refractivity contribution in [2.75, 3.05) is 5.32 Å². The Morgan fingerprint density at radius 1 is 1.24 bits per heavy atom. The monoisotopic (exact) mass is 343 g/mol. The Hall–Kier alpha value is -2.21. The van der Waals surface area contributed by atoms with Crippen molar-refractivity contribution in [2.45, 2.75) is 13.5 Å². The normalized spacial score (nSPS) is 10.6. The molecule has 0 saturated carbocycles. The predicted molar refractivity (Wildman–Crippen MR) is 85.4 cm³/mol. The second kappa shape index (κ2) is 6.05. The standard InChI is InChI=1S/C15H14BrN5/c1-11-2-3-12(14(16)6-11)7-18-13-4-5-15(19-8-13)21-10-17-9-20-21/h2-6,8-10,18H,7H2,1H3. The van der Waals surface area contributed by atoms with E-state index in [9.17, 15) is 0 Å². The molecule has 0 unspecified atom stereocenters. The molecule has 0 amide bonds. The fraction of sp³-hybridized carbons (Fsp3) is 0.133. The molecule has 1 aromatic carbocycles. The van der Waals surface area contributed by atoms with Crippen LogP contribution < -0.4 is 5.32 Å². The Morgan fingerprint density at radius 3 is 2.81 bits per heavy atom. The Balaban J connectivity index is 1.68. The third kappa shape index (κ3) is 3.28. The lowest BCUT2D eigenvalue weighted by molar-refractivity contribution is 0.845. The van der Waals surface area contributed by atoms with E-state index in [4.69, 9.17) is 0 Å². The zero-order valence-electron chi connectivity index (χ0n) is 11.5. The molecule has 2 aromatic heterocycles. The van der Waals surface area contributed by atoms with E-state index in [1.54, 1.807) is 17.2 Å². The number of anilines is 1. The summed E-state index contributed by atoms with van der Waals surface area (Å²) >= 11 is 3.58. The predicted octanol–water partition coefficient (Wildman–Crippen LogP) is 3.35. The molecule has 21 heavy (non-hydrogen) atoms. The smallest absolute Gasteiger partial charge is 0.155 e. The minimum Gasteiger partial charge on any atom is -0.380 e. The molecule has 6 heteroatoms. The Kier molecular flexibility index (Phi) is 3.96. The first-order valence-corrected chi connectivity index (χ1v) is 7.31. The summed E-state index contributed by atoms with van der Waals surface area (Å²) < 4.78 is 2.74. The molecule has 0 aliphatic rings. The molecule has 0 fully saturated rings. The molecule has 0 aliphatic carbocycles. The maximum absolute atomic E-state index is 4.36. The van der Waals surface area contributed by atoms with Crippen molar-refractivity contribution in [1.82, 2.24) is 19.7 Å². The fourth-order valence-electron chi connectivity index (χ4n) is 1.95. The van der Waals surface area contributed by atoms with Crippen LogP contribution in [-0.2, 0) is 6.54 Å². The van der Waals surface area contributed by atoms with Crippen LogP contribution in [0.15, 0.2) is 53.7 Å². The molecule has 0 spiro atoms. The van der Waals surface area contributed by atoms with Gasteiger partial charge >= 0.3 is 0 Å². The minimum absolute atomic E-state index is 0.741. The molecule has 1 N–H and O–H groups in total. The number of aromatic nitrogens is 4. The quantitative estimate of drug-likeness (QED) is 0.789. The van der Waals surface area contributed by atoms with Crippen LogP contribution in [0.1, 0.15) is 11.1 Å². The highest BCUT2D eigenvalue weighted by molar-refractivity contribution is 9.10. The van der Waals surface area contributed by atoms with Crippen molar-refractivity contribution < 1.29 is 0 Å². The second-order valence-corrected chi connectivity index (χ2v) is 5.55. The van der Waals surface area contributed by atoms with Gasteiger partial charge in [0.1, 0.15) is 12.7 Å². The van der Waals surface area contributed by atoms with Crippen molar-refractivity contribution in [3.8, 4) is 5.82 Å². The first kappa shape index (κ1) is 13.8. The molecular formula is C15H14BrN5. The summed E-state index contributed by atoms with van der Waals surface area (Å²) in [6.45, 7) is 2.82. The van der Waals surface area contributed by atoms with Crippen LogP contribution in [0, 0.1) is 6.92 Å². The number of hydrogen-bond acceptors (Lipinski definition) is 4. The van der Waals surface area contributed by atoms with E-state index in [2.05, 4.69) is 61.4 Å². The summed E-state index contributed by atoms with van der Waals surface area (Å²) in [5.41, 5.74) is 3.41. The summed E-state index contributed by atoms with van der Waals surface area (Å²) in [5.74, 6) is 0.745. The Morgan fingerprint density at radius 2 is 2.14 bits per heavy atom. The third-order valence-electron chi connectivity index (χ3n) is 3.09. The van der Waals surface area contributed by atoms with Crippen LogP contribution in [0.5, 0.6) is 0 Å². The van der Waals surface area contributed by atoms with Crippen molar-refractivity contribution >= 4 is 21.6 Å². The molecule has 0 saturated heterocycles. The highest BCUT2D eigenvalue weighted by atomic mass is 79.9. The van der Waals surface area contributed by atoms with E-state index in [1.807, 2.05) is 12.1 Å². The van der Waals surface area contributed by atoms with Gasteiger partial charge in [0.25, 0.3) is 0 Å². The van der Waals surface area contributed by atoms with Crippen LogP contribution in [0.4, 0.5) is 5.69 Å². The molecule has 3 rings (SSSR count). The number of aryl methyl sites for hydroxylation is 1. The number of pyridine rings is 1. The lowest BCUT2D eigenvalue weighted by Crippen LogP contribution is -2.02. The van der Waals surface area contributed by atoms with Crippen LogP contribution in [0.3, 0.4) is 0 Å². The zero-order chi connectivity index (χ0) is 14.7. The van der Waals surface area contributed by atoms with Gasteiger partial charge in [-0.25, -0.2) is 14.6 Å². The van der Waals surface area contributed by atoms with E-state index >= 15 is 0 Å². The zero-order valence-corrected chi connectivity index (χ0v) is 13.1. The number of nitrogens with one attached hydrogen (secondary N) is 1. The van der Waals surface area contributed by atoms with Crippen molar-refractivity contribution in [3.05, 3.63) is 64.8 Å². The van der Waals surface area contributed by atoms with Gasteiger partial charge in [-0.15, -0.1) is 0 Å². The van der Waals surface area contributed by atoms with Gasteiger partial charge in [-0.1, -0.05) is 28.1 Å². The fourth-order valence-corrected chi connectivity index (χ4v) is 2.58. The van der Waals surface area contributed by atoms with E-state index in [0.717, 1.165) is 22.5 Å². The van der Waals surface area contributed by atoms with E-state index in [1.165, 1.54) is 17.5 Å². The van der Waals surface area contributed by atoms with Gasteiger partial charge in [-0.2, -0.15) is 5.10 Å². The van der Waals surface area contributed by atoms with E-state index in [0.29, 0.717) is 0 Å². The van der Waals surface area contributed by atoms with Gasteiger partial charge in [-0.05, 0) is 36.2 Å². The first-order valence-electron chi connectivity index (χ1n) is 6.52. The molecule has 106 valence electrons. The molecule has 2 heterocycles. The summed E-state index contributed by atoms with van der Waals surface area (Å²) in [6, 6.07) is 10.2. The van der Waals surface area contributed by atoms with Crippen LogP contribution in [-0.4, -0.2) is 19.7 Å². The number of halogens is 1. The maximum atomic E-state index is 4.36. The molecular weight excluding hydrogens is 330 g/mol. The van der Waals surface area contributed by atoms with Crippen LogP contribution in [0.25, 0.3) is 5.82 Å². The van der Waals surface area contributed by atoms with Crippen molar-refractivity contribution in [2.24, 2.45) is 0 Å². The Bertz CT molecular complexity index is 722. The summed E-state index contributed by atoms with van der Waals surface area (Å²) in [6.07, 6.45) is 4.90. The molecule has 5 nitrogen and oxygen atoms in total. The molecule has 0 radical (unpaired) electrons. The molecule has 0 bridgehead atoms. The van der Waals surface area contributed by atoms with Crippen molar-refractivity contribution in [3.63, 3.8) is 0 Å². The number of benzene rings is 1. The third-order valence-corrected chi connectivity index (χ3v) is 3.83. The number of nitrogens with zero attached hydrogens (tertiary/aromatic N) is 4. The van der Waals surface area contributed by atoms with Gasteiger partial charge in [0.05, 0.1) is 11.9 Å². The van der Waals surface area contributed by atoms with Crippen LogP contribution in [0.2, 0.25) is 0 Å². The van der Waals surface area contributed by atoms with Gasteiger partial charge in [0.2, 0.25) is 0 Å². The summed E-state index contributed by atoms with van der Waals surface area (Å²) in [5, 5.41) is 7.40. The number of rotatable bonds is 4. The summed E-state index contributed by atoms with van der Waals surface area (Å²) in [7, 11) is 0. The second-order valence-electron chi connectivity index (χ2n) is 4.69. The SMILES string of the molecule is Cc1ccc(CNc2ccc(-n3cncn3)nc2)c(Br)c1. The van der Waals surface area contributed by atoms with E-state index < -0.39 is 0 Å². The first-order chi connectivity index (χ1) is 10.2. The average Bonchev–Trinajstić information content (AvgIpc) is 3.01. The maximum Gasteiger partial charge on any atom is 0.155 e. The van der Waals surface area contributed by atoms with E-state index in [-0.39, 0.29) is 0 Å². The highest BCUT2D eigenvalue weighted by Crippen LogP contribution is 2.19. The highest BCUT2D eigenvalue weighted by Gasteiger charge is 2.02. The van der Waals surface area contributed by atoms with Gasteiger partial charge < -0.3 is 5.32 Å². The molecule has 3 aromatic rings. The largest absolute Gasteiger partial charge is 0.380 e. The molecule has 0 atom stereocenters. The van der Waals surface area contributed by atoms with Gasteiger partial charge in [0, 0.05) is 11.0 Å². The average molecular weight is 344 g/mol. The van der Waals surface area contributed by atoms with Gasteiger partial charge in [-0.3, -0.25) is 0 Å². The molecule has 0 aliphatic heterocycles. The van der Waals surface area contributed by atoms with Crippen molar-refractivity contribution in [1.29, 1.82) is 0 Å².